The number of allylic oxidation sites excluding steroid dienone is 1. The Morgan fingerprint density at radius 1 is 1.38 bits per heavy atom. The second kappa shape index (κ2) is 10.6. The second-order valence-corrected chi connectivity index (χ2v) is 12.1. The number of nitrogen functional groups attached to an aromatic ring is 1. The zero-order valence-corrected chi connectivity index (χ0v) is 22.9. The Kier molecular flexibility index (Phi) is 7.00. The summed E-state index contributed by atoms with van der Waals surface area (Å²) in [5, 5.41) is 32.5. The molecular weight excluding hydrogens is 583 g/mol. The van der Waals surface area contributed by atoms with Crippen molar-refractivity contribution in [3.63, 3.8) is 0 Å². The van der Waals surface area contributed by atoms with E-state index in [4.69, 9.17) is 10.6 Å². The molecule has 6 rings (SSSR count). The molecule has 3 aromatic rings. The molecule has 3 aliphatic rings. The van der Waals surface area contributed by atoms with Gasteiger partial charge in [0.1, 0.15) is 28.0 Å². The van der Waals surface area contributed by atoms with Gasteiger partial charge >= 0.3 is 5.97 Å². The molecule has 2 amide bonds. The van der Waals surface area contributed by atoms with E-state index in [1.807, 2.05) is 12.2 Å². The van der Waals surface area contributed by atoms with Gasteiger partial charge in [0.25, 0.3) is 5.91 Å². The highest BCUT2D eigenvalue weighted by atomic mass is 32.2. The summed E-state index contributed by atoms with van der Waals surface area (Å²) in [6.45, 7) is -0.00637. The molecule has 0 spiro atoms. The minimum atomic E-state index is -1.22. The van der Waals surface area contributed by atoms with Crippen LogP contribution in [0.25, 0.3) is 5.65 Å². The van der Waals surface area contributed by atoms with Crippen molar-refractivity contribution in [3.8, 4) is 0 Å². The lowest BCUT2D eigenvalue weighted by molar-refractivity contribution is -0.157. The van der Waals surface area contributed by atoms with Crippen LogP contribution in [0.4, 0.5) is 5.13 Å². The number of hydrogen-bond acceptors (Lipinski definition) is 15. The summed E-state index contributed by atoms with van der Waals surface area (Å²) in [6.07, 6.45) is 5.10. The molecule has 40 heavy (non-hydrogen) atoms. The number of rotatable bonds is 9. The molecular formula is C21H21N11O5S3. The van der Waals surface area contributed by atoms with E-state index in [9.17, 15) is 19.5 Å². The third-order valence-corrected chi connectivity index (χ3v) is 9.88. The van der Waals surface area contributed by atoms with E-state index in [0.717, 1.165) is 24.4 Å². The van der Waals surface area contributed by atoms with Crippen molar-refractivity contribution >= 4 is 69.3 Å². The number of nitrogens with one attached hydrogen (secondary N) is 1. The third kappa shape index (κ3) is 4.94. The Balaban J connectivity index is 1.12. The second-order valence-electron chi connectivity index (χ2n) is 9.24. The number of nitrogens with two attached hydrogens (primary N) is 1. The van der Waals surface area contributed by atoms with Crippen molar-refractivity contribution in [1.29, 1.82) is 0 Å². The number of aromatic nitrogens is 7. The predicted molar refractivity (Wildman–Crippen MR) is 143 cm³/mol. The van der Waals surface area contributed by atoms with Crippen molar-refractivity contribution in [1.82, 2.24) is 44.8 Å². The first-order valence-corrected chi connectivity index (χ1v) is 14.8. The lowest BCUT2D eigenvalue weighted by atomic mass is 9.89. The Morgan fingerprint density at radius 2 is 2.25 bits per heavy atom. The van der Waals surface area contributed by atoms with E-state index in [0.29, 0.717) is 10.7 Å². The minimum absolute atomic E-state index is 0.00251. The number of fused-ring (bicyclic) bond motifs is 2. The van der Waals surface area contributed by atoms with Crippen LogP contribution in [-0.2, 0) is 19.2 Å². The number of carboxylic acids is 1. The molecule has 0 radical (unpaired) electrons. The number of amides is 2. The monoisotopic (exact) mass is 603 g/mol. The number of nitrogens with zero attached hydrogens (tertiary/aromatic N) is 9. The van der Waals surface area contributed by atoms with Gasteiger partial charge in [-0.25, -0.2) is 0 Å². The van der Waals surface area contributed by atoms with Crippen LogP contribution in [0.3, 0.4) is 0 Å². The number of oxime groups is 1. The largest absolute Gasteiger partial charge is 0.481 e. The van der Waals surface area contributed by atoms with Gasteiger partial charge in [-0.3, -0.25) is 14.4 Å². The number of carboxylic acid groups (broad SMARTS) is 1. The summed E-state index contributed by atoms with van der Waals surface area (Å²) < 4.78 is 5.32. The molecule has 19 heteroatoms. The first-order chi connectivity index (χ1) is 19.3. The molecule has 5 heterocycles. The SMILES string of the molecule is Nc1nc(C(=NOC2C=CCC2)C(=O)NC2C(=O)N3CC(CSc4ccc5nnnn5n4)(C(=O)O)CS[C@H]23)ns1. The van der Waals surface area contributed by atoms with E-state index >= 15 is 0 Å². The average molecular weight is 604 g/mol. The number of β-lactam (4-membered cyclic amide) rings is 1. The van der Waals surface area contributed by atoms with Crippen LogP contribution in [0.5, 0.6) is 0 Å². The highest BCUT2D eigenvalue weighted by Gasteiger charge is 2.57. The van der Waals surface area contributed by atoms with Gasteiger partial charge in [-0.15, -0.1) is 38.4 Å². The van der Waals surface area contributed by atoms with E-state index in [1.165, 1.54) is 33.1 Å². The van der Waals surface area contributed by atoms with Gasteiger partial charge in [0.05, 0.1) is 0 Å². The number of carbonyl (C=O) groups is 3. The molecule has 2 aliphatic heterocycles. The Labute approximate surface area is 237 Å². The molecule has 4 N–H and O–H groups in total. The number of anilines is 1. The van der Waals surface area contributed by atoms with Crippen molar-refractivity contribution < 1.29 is 24.3 Å². The molecule has 2 fully saturated rings. The van der Waals surface area contributed by atoms with Crippen molar-refractivity contribution in [2.24, 2.45) is 10.6 Å². The normalized spacial score (nSPS) is 26.0. The van der Waals surface area contributed by atoms with Crippen molar-refractivity contribution in [2.75, 3.05) is 23.8 Å². The first kappa shape index (κ1) is 26.4. The summed E-state index contributed by atoms with van der Waals surface area (Å²) in [5.41, 5.74) is 4.75. The maximum Gasteiger partial charge on any atom is 0.313 e. The summed E-state index contributed by atoms with van der Waals surface area (Å²) in [4.78, 5) is 49.7. The van der Waals surface area contributed by atoms with Gasteiger partial charge in [0, 0.05) is 29.6 Å². The lowest BCUT2D eigenvalue weighted by Crippen LogP contribution is -2.74. The van der Waals surface area contributed by atoms with Gasteiger partial charge in [0.15, 0.2) is 10.8 Å². The summed E-state index contributed by atoms with van der Waals surface area (Å²) >= 11 is 3.45. The molecule has 1 aliphatic carbocycles. The summed E-state index contributed by atoms with van der Waals surface area (Å²) in [7, 11) is 0. The Bertz CT molecular complexity index is 1540. The van der Waals surface area contributed by atoms with Gasteiger partial charge in [-0.2, -0.15) is 9.36 Å². The molecule has 3 aromatic heterocycles. The first-order valence-electron chi connectivity index (χ1n) is 12.0. The zero-order chi connectivity index (χ0) is 27.9. The van der Waals surface area contributed by atoms with Gasteiger partial charge in [-0.05, 0) is 41.5 Å². The number of carbonyl (C=O) groups excluding carboxylic acids is 2. The fourth-order valence-electron chi connectivity index (χ4n) is 4.37. The smallest absolute Gasteiger partial charge is 0.313 e. The van der Waals surface area contributed by atoms with Crippen LogP contribution in [-0.4, -0.2) is 104 Å². The quantitative estimate of drug-likeness (QED) is 0.0937. The number of thioether (sulfide) groups is 2. The van der Waals surface area contributed by atoms with Crippen LogP contribution in [0.15, 0.2) is 34.5 Å². The summed E-state index contributed by atoms with van der Waals surface area (Å²) in [6, 6.07) is 2.53. The number of hydrogen-bond donors (Lipinski definition) is 3. The van der Waals surface area contributed by atoms with Gasteiger partial charge in [-0.1, -0.05) is 11.2 Å². The van der Waals surface area contributed by atoms with E-state index in [-0.39, 0.29) is 46.7 Å². The van der Waals surface area contributed by atoms with E-state index in [2.05, 4.69) is 40.5 Å². The van der Waals surface area contributed by atoms with E-state index < -0.39 is 28.7 Å². The molecule has 2 saturated heterocycles. The molecule has 0 aromatic carbocycles. The molecule has 208 valence electrons. The molecule has 4 atom stereocenters. The standard InChI is InChI=1S/C21H21N11O5S3/c22-20-24-15(28-40-20)13(27-37-10-3-1-2-4-10)16(33)23-14-17(34)31-7-21(19(35)36,9-39-18(14)31)8-38-12-6-5-11-25-29-30-32(11)26-12/h1,3,5-6,10,14,18H,2,4,7-9H2,(H,23,33)(H,35,36)(H2,22,24,28)/t10?,14?,18-,21?/m1/s1. The van der Waals surface area contributed by atoms with Crippen LogP contribution >= 0.6 is 35.1 Å². The van der Waals surface area contributed by atoms with E-state index in [1.54, 1.807) is 12.1 Å². The predicted octanol–water partition coefficient (Wildman–Crippen LogP) is -0.344. The van der Waals surface area contributed by atoms with Gasteiger partial charge in [0.2, 0.25) is 17.4 Å². The third-order valence-electron chi connectivity index (χ3n) is 6.54. The average Bonchev–Trinajstić information content (AvgIpc) is 3.73. The van der Waals surface area contributed by atoms with Crippen LogP contribution in [0.1, 0.15) is 18.7 Å². The maximum atomic E-state index is 13.2. The summed E-state index contributed by atoms with van der Waals surface area (Å²) in [5.74, 6) is -1.70. The number of tetrazole rings is 1. The molecule has 0 saturated carbocycles. The molecule has 3 unspecified atom stereocenters. The fourth-order valence-corrected chi connectivity index (χ4v) is 7.51. The van der Waals surface area contributed by atoms with Crippen LogP contribution < -0.4 is 11.1 Å². The minimum Gasteiger partial charge on any atom is -0.481 e. The van der Waals surface area contributed by atoms with Crippen LogP contribution in [0.2, 0.25) is 0 Å². The van der Waals surface area contributed by atoms with Crippen molar-refractivity contribution in [2.45, 2.75) is 35.4 Å². The lowest BCUT2D eigenvalue weighted by Gasteiger charge is -2.53. The Hall–Kier alpha value is -3.84. The zero-order valence-electron chi connectivity index (χ0n) is 20.5. The fraction of sp³-hybridized carbons (Fsp3) is 0.429. The van der Waals surface area contributed by atoms with Crippen molar-refractivity contribution in [3.05, 3.63) is 30.1 Å². The molecule has 16 nitrogen and oxygen atoms in total. The van der Waals surface area contributed by atoms with Gasteiger partial charge < -0.3 is 25.9 Å². The maximum absolute atomic E-state index is 13.2. The van der Waals surface area contributed by atoms with Crippen LogP contribution in [0, 0.1) is 5.41 Å². The topological polar surface area (TPSA) is 216 Å². The highest BCUT2D eigenvalue weighted by Crippen LogP contribution is 2.44. The Morgan fingerprint density at radius 3 is 3.00 bits per heavy atom. The molecule has 0 bridgehead atoms. The highest BCUT2D eigenvalue weighted by molar-refractivity contribution is 8.00. The number of aliphatic carboxylic acids is 1.